The van der Waals surface area contributed by atoms with Gasteiger partial charge in [0.25, 0.3) is 5.91 Å². The zero-order valence-corrected chi connectivity index (χ0v) is 17.1. The van der Waals surface area contributed by atoms with Crippen LogP contribution in [-0.4, -0.2) is 43.1 Å². The number of likely N-dealkylation sites (tertiary alicyclic amines) is 1. The summed E-state index contributed by atoms with van der Waals surface area (Å²) in [7, 11) is 1.97. The highest BCUT2D eigenvalue weighted by Gasteiger charge is 2.31. The van der Waals surface area contributed by atoms with Crippen LogP contribution in [0.4, 0.5) is 0 Å². The van der Waals surface area contributed by atoms with E-state index in [1.165, 1.54) is 12.8 Å². The fraction of sp³-hybridized carbons (Fsp3) is 0.478. The third-order valence-electron chi connectivity index (χ3n) is 6.66. The van der Waals surface area contributed by atoms with Gasteiger partial charge in [-0.1, -0.05) is 0 Å². The van der Waals surface area contributed by atoms with Crippen LogP contribution >= 0.6 is 0 Å². The standard InChI is InChI=1S/C23H28N4O2/c1-15-21(19-12-18(28)7-8-20(19)25(15)2)23(29)27-10-3-4-17(14-27)22-24-9-11-26(22)13-16-5-6-16/h7-9,11-12,16-17,28H,3-6,10,13-14H2,1-2H3/t17-/m0/s1. The van der Waals surface area contributed by atoms with Crippen molar-refractivity contribution >= 4 is 16.8 Å². The number of aromatic hydroxyl groups is 1. The average Bonchev–Trinajstić information content (AvgIpc) is 3.36. The van der Waals surface area contributed by atoms with Crippen LogP contribution in [0.5, 0.6) is 5.75 Å². The molecular weight excluding hydrogens is 364 g/mol. The first-order valence-corrected chi connectivity index (χ1v) is 10.6. The van der Waals surface area contributed by atoms with Crippen molar-refractivity contribution in [1.29, 1.82) is 0 Å². The van der Waals surface area contributed by atoms with E-state index < -0.39 is 0 Å². The molecule has 1 aliphatic heterocycles. The number of carbonyl (C=O) groups excluding carboxylic acids is 1. The predicted octanol–water partition coefficient (Wildman–Crippen LogP) is 3.82. The number of phenols is 1. The summed E-state index contributed by atoms with van der Waals surface area (Å²) in [6, 6.07) is 5.26. The van der Waals surface area contributed by atoms with Crippen LogP contribution < -0.4 is 0 Å². The molecule has 2 aliphatic rings. The van der Waals surface area contributed by atoms with Gasteiger partial charge in [0.1, 0.15) is 11.6 Å². The second-order valence-corrected chi connectivity index (χ2v) is 8.69. The lowest BCUT2D eigenvalue weighted by atomic mass is 9.96. The van der Waals surface area contributed by atoms with Crippen molar-refractivity contribution in [3.63, 3.8) is 0 Å². The molecule has 3 aromatic rings. The summed E-state index contributed by atoms with van der Waals surface area (Å²) in [6.07, 6.45) is 8.69. The van der Waals surface area contributed by atoms with E-state index in [0.29, 0.717) is 12.1 Å². The first-order chi connectivity index (χ1) is 14.0. The quantitative estimate of drug-likeness (QED) is 0.734. The zero-order valence-electron chi connectivity index (χ0n) is 17.1. The first kappa shape index (κ1) is 18.3. The number of fused-ring (bicyclic) bond motifs is 1. The Morgan fingerprint density at radius 3 is 2.90 bits per heavy atom. The Kier molecular flexibility index (Phi) is 4.37. The van der Waals surface area contributed by atoms with Gasteiger partial charge in [-0.2, -0.15) is 0 Å². The molecule has 1 saturated heterocycles. The molecule has 0 spiro atoms. The van der Waals surface area contributed by atoms with Crippen molar-refractivity contribution < 1.29 is 9.90 Å². The highest BCUT2D eigenvalue weighted by atomic mass is 16.3. The lowest BCUT2D eigenvalue weighted by Crippen LogP contribution is -2.40. The average molecular weight is 393 g/mol. The Hall–Kier alpha value is -2.76. The van der Waals surface area contributed by atoms with Gasteiger partial charge in [0.05, 0.1) is 5.56 Å². The second-order valence-electron chi connectivity index (χ2n) is 8.69. The largest absolute Gasteiger partial charge is 0.508 e. The van der Waals surface area contributed by atoms with Crippen molar-refractivity contribution in [3.8, 4) is 5.75 Å². The van der Waals surface area contributed by atoms with Gasteiger partial charge < -0.3 is 19.1 Å². The summed E-state index contributed by atoms with van der Waals surface area (Å²) in [5.74, 6) is 2.46. The van der Waals surface area contributed by atoms with Gasteiger partial charge in [-0.25, -0.2) is 4.98 Å². The van der Waals surface area contributed by atoms with Crippen molar-refractivity contribution in [2.24, 2.45) is 13.0 Å². The van der Waals surface area contributed by atoms with Gasteiger partial charge >= 0.3 is 0 Å². The van der Waals surface area contributed by atoms with Gasteiger partial charge in [0, 0.05) is 61.6 Å². The molecule has 1 atom stereocenters. The molecule has 6 heteroatoms. The Morgan fingerprint density at radius 2 is 2.10 bits per heavy atom. The van der Waals surface area contributed by atoms with Crippen molar-refractivity contribution in [2.75, 3.05) is 13.1 Å². The van der Waals surface area contributed by atoms with Crippen LogP contribution in [-0.2, 0) is 13.6 Å². The van der Waals surface area contributed by atoms with Crippen LogP contribution in [0.15, 0.2) is 30.6 Å². The molecule has 2 aromatic heterocycles. The van der Waals surface area contributed by atoms with E-state index in [9.17, 15) is 9.90 Å². The van der Waals surface area contributed by atoms with E-state index in [1.807, 2.05) is 35.7 Å². The summed E-state index contributed by atoms with van der Waals surface area (Å²) < 4.78 is 4.34. The molecule has 3 heterocycles. The number of aromatic nitrogens is 3. The van der Waals surface area contributed by atoms with E-state index >= 15 is 0 Å². The van der Waals surface area contributed by atoms with Gasteiger partial charge in [0.15, 0.2) is 0 Å². The molecule has 1 aromatic carbocycles. The number of benzene rings is 1. The summed E-state index contributed by atoms with van der Waals surface area (Å²) in [5, 5.41) is 10.8. The summed E-state index contributed by atoms with van der Waals surface area (Å²) in [6.45, 7) is 4.51. The smallest absolute Gasteiger partial charge is 0.256 e. The van der Waals surface area contributed by atoms with E-state index in [0.717, 1.165) is 54.3 Å². The number of imidazole rings is 1. The van der Waals surface area contributed by atoms with Gasteiger partial charge in [-0.05, 0) is 56.7 Å². The molecular formula is C23H28N4O2. The summed E-state index contributed by atoms with van der Waals surface area (Å²) in [5.41, 5.74) is 2.62. The van der Waals surface area contributed by atoms with E-state index in [1.54, 1.807) is 12.1 Å². The Morgan fingerprint density at radius 1 is 1.28 bits per heavy atom. The third-order valence-corrected chi connectivity index (χ3v) is 6.66. The number of rotatable bonds is 4. The Balaban J connectivity index is 1.44. The molecule has 152 valence electrons. The number of aryl methyl sites for hydroxylation is 1. The number of hydrogen-bond donors (Lipinski definition) is 1. The molecule has 5 rings (SSSR count). The van der Waals surface area contributed by atoms with Crippen LogP contribution in [0.2, 0.25) is 0 Å². The number of piperidine rings is 1. The number of carbonyl (C=O) groups is 1. The highest BCUT2D eigenvalue weighted by Crippen LogP contribution is 2.34. The minimum atomic E-state index is 0.0590. The molecule has 6 nitrogen and oxygen atoms in total. The SMILES string of the molecule is Cc1c(C(=O)N2CCC[C@H](c3nccn3CC3CC3)C2)c2cc(O)ccc2n1C. The maximum absolute atomic E-state index is 13.6. The lowest BCUT2D eigenvalue weighted by Gasteiger charge is -2.33. The maximum atomic E-state index is 13.6. The Labute approximate surface area is 170 Å². The topological polar surface area (TPSA) is 63.3 Å². The van der Waals surface area contributed by atoms with Crippen molar-refractivity contribution in [1.82, 2.24) is 19.0 Å². The molecule has 0 radical (unpaired) electrons. The van der Waals surface area contributed by atoms with Crippen LogP contribution in [0, 0.1) is 12.8 Å². The van der Waals surface area contributed by atoms with E-state index in [4.69, 9.17) is 0 Å². The lowest BCUT2D eigenvalue weighted by molar-refractivity contribution is 0.0704. The minimum absolute atomic E-state index is 0.0590. The van der Waals surface area contributed by atoms with Crippen molar-refractivity contribution in [2.45, 2.75) is 45.1 Å². The van der Waals surface area contributed by atoms with Crippen molar-refractivity contribution in [3.05, 3.63) is 47.7 Å². The molecule has 2 fully saturated rings. The van der Waals surface area contributed by atoms with Crippen LogP contribution in [0.3, 0.4) is 0 Å². The molecule has 1 saturated carbocycles. The molecule has 1 N–H and O–H groups in total. The second kappa shape index (κ2) is 6.94. The Bertz CT molecular complexity index is 1080. The fourth-order valence-electron chi connectivity index (χ4n) is 4.77. The normalized spacial score (nSPS) is 19.8. The molecule has 0 unspecified atom stereocenters. The summed E-state index contributed by atoms with van der Waals surface area (Å²) in [4.78, 5) is 20.2. The monoisotopic (exact) mass is 392 g/mol. The zero-order chi connectivity index (χ0) is 20.1. The molecule has 1 amide bonds. The van der Waals surface area contributed by atoms with Crippen LogP contribution in [0.25, 0.3) is 10.9 Å². The van der Waals surface area contributed by atoms with Gasteiger partial charge in [0.2, 0.25) is 0 Å². The number of hydrogen-bond acceptors (Lipinski definition) is 3. The third kappa shape index (κ3) is 3.20. The number of amides is 1. The van der Waals surface area contributed by atoms with E-state index in [-0.39, 0.29) is 17.6 Å². The predicted molar refractivity (Wildman–Crippen MR) is 112 cm³/mol. The molecule has 29 heavy (non-hydrogen) atoms. The minimum Gasteiger partial charge on any atom is -0.508 e. The first-order valence-electron chi connectivity index (χ1n) is 10.6. The highest BCUT2D eigenvalue weighted by molar-refractivity contribution is 6.08. The molecule has 1 aliphatic carbocycles. The number of nitrogens with zero attached hydrogens (tertiary/aromatic N) is 4. The van der Waals surface area contributed by atoms with Gasteiger partial charge in [-0.3, -0.25) is 4.79 Å². The van der Waals surface area contributed by atoms with E-state index in [2.05, 4.69) is 15.7 Å². The van der Waals surface area contributed by atoms with Gasteiger partial charge in [-0.15, -0.1) is 0 Å². The number of phenolic OH excluding ortho intramolecular Hbond substituents is 1. The fourth-order valence-corrected chi connectivity index (χ4v) is 4.77. The van der Waals surface area contributed by atoms with Crippen LogP contribution in [0.1, 0.15) is 53.5 Å². The maximum Gasteiger partial charge on any atom is 0.256 e. The summed E-state index contributed by atoms with van der Waals surface area (Å²) >= 11 is 0. The molecule has 0 bridgehead atoms.